The molecule has 0 saturated carbocycles. The number of quaternary nitrogens is 1. The Balaban J connectivity index is 4.22. The van der Waals surface area contributed by atoms with Crippen LogP contribution in [0, 0.1) is 0 Å². The van der Waals surface area contributed by atoms with Gasteiger partial charge in [0.2, 0.25) is 0 Å². The van der Waals surface area contributed by atoms with Crippen LogP contribution in [0.5, 0.6) is 0 Å². The van der Waals surface area contributed by atoms with E-state index in [2.05, 4.69) is 50.3 Å². The van der Waals surface area contributed by atoms with Crippen LogP contribution in [0.4, 0.5) is 0 Å². The van der Waals surface area contributed by atoms with Crippen molar-refractivity contribution in [1.29, 1.82) is 0 Å². The maximum Gasteiger partial charge on any atom is 0.306 e. The second kappa shape index (κ2) is 46.3. The van der Waals surface area contributed by atoms with Crippen LogP contribution in [0.15, 0.2) is 36.5 Å². The van der Waals surface area contributed by atoms with Crippen molar-refractivity contribution in [1.82, 2.24) is 0 Å². The van der Waals surface area contributed by atoms with Gasteiger partial charge in [-0.3, -0.25) is 14.2 Å². The molecular formula is C54H102NO8P. The van der Waals surface area contributed by atoms with Gasteiger partial charge >= 0.3 is 11.9 Å². The minimum Gasteiger partial charge on any atom is -0.756 e. The molecule has 376 valence electrons. The van der Waals surface area contributed by atoms with Crippen molar-refractivity contribution in [2.45, 2.75) is 251 Å². The van der Waals surface area contributed by atoms with Gasteiger partial charge in [-0.2, -0.15) is 0 Å². The number of esters is 2. The second-order valence-corrected chi connectivity index (χ2v) is 20.7. The van der Waals surface area contributed by atoms with E-state index in [1.54, 1.807) is 0 Å². The standard InChI is InChI=1S/C54H102NO8P/c1-6-8-10-12-14-16-18-20-22-24-26-27-29-30-32-34-36-38-40-42-44-46-53(56)60-50-52(51-62-64(58,59)61-49-48-55(3,4)5)63-54(57)47-45-43-41-39-37-35-33-31-28-25-23-21-19-17-15-13-11-9-7-2/h15,17,21,23,28,31,52H,6-14,16,18-20,22,24-27,29-30,32-51H2,1-5H3/b17-15-,23-21-,31-28-. The van der Waals surface area contributed by atoms with Crippen molar-refractivity contribution in [3.63, 3.8) is 0 Å². The fourth-order valence-corrected chi connectivity index (χ4v) is 8.22. The van der Waals surface area contributed by atoms with E-state index in [0.29, 0.717) is 17.4 Å². The average Bonchev–Trinajstić information content (AvgIpc) is 3.25. The Kier molecular flexibility index (Phi) is 45.1. The fraction of sp³-hybridized carbons (Fsp3) is 0.852. The van der Waals surface area contributed by atoms with Crippen LogP contribution in [0.3, 0.4) is 0 Å². The topological polar surface area (TPSA) is 111 Å². The molecule has 0 amide bonds. The molecule has 9 nitrogen and oxygen atoms in total. The Morgan fingerprint density at radius 2 is 0.844 bits per heavy atom. The van der Waals surface area contributed by atoms with Crippen LogP contribution in [0.2, 0.25) is 0 Å². The van der Waals surface area contributed by atoms with E-state index in [1.807, 2.05) is 21.1 Å². The molecule has 2 unspecified atom stereocenters. The summed E-state index contributed by atoms with van der Waals surface area (Å²) in [5, 5.41) is 0. The highest BCUT2D eigenvalue weighted by molar-refractivity contribution is 7.45. The molecule has 0 saturated heterocycles. The average molecular weight is 924 g/mol. The lowest BCUT2D eigenvalue weighted by molar-refractivity contribution is -0.870. The molecule has 0 fully saturated rings. The number of hydrogen-bond acceptors (Lipinski definition) is 8. The van der Waals surface area contributed by atoms with E-state index >= 15 is 0 Å². The lowest BCUT2D eigenvalue weighted by atomic mass is 10.0. The summed E-state index contributed by atoms with van der Waals surface area (Å²) in [7, 11) is 1.16. The van der Waals surface area contributed by atoms with E-state index in [0.717, 1.165) is 70.6 Å². The van der Waals surface area contributed by atoms with Gasteiger partial charge in [0.25, 0.3) is 7.82 Å². The number of phosphoric ester groups is 1. The first-order valence-corrected chi connectivity index (χ1v) is 28.2. The summed E-state index contributed by atoms with van der Waals surface area (Å²) in [5.41, 5.74) is 0. The first kappa shape index (κ1) is 62.2. The number of rotatable bonds is 49. The van der Waals surface area contributed by atoms with Crippen molar-refractivity contribution in [2.75, 3.05) is 47.5 Å². The molecule has 0 bridgehead atoms. The molecule has 0 aliphatic carbocycles. The number of phosphoric acid groups is 1. The lowest BCUT2D eigenvalue weighted by Gasteiger charge is -2.28. The van der Waals surface area contributed by atoms with Crippen molar-refractivity contribution >= 4 is 19.8 Å². The number of likely N-dealkylation sites (N-methyl/N-ethyl adjacent to an activating group) is 1. The third kappa shape index (κ3) is 49.7. The highest BCUT2D eigenvalue weighted by Gasteiger charge is 2.21. The Morgan fingerprint density at radius 1 is 0.484 bits per heavy atom. The van der Waals surface area contributed by atoms with Crippen LogP contribution >= 0.6 is 7.82 Å². The normalized spacial score (nSPS) is 13.7. The summed E-state index contributed by atoms with van der Waals surface area (Å²) in [6.07, 6.45) is 54.6. The van der Waals surface area contributed by atoms with E-state index in [-0.39, 0.29) is 32.0 Å². The Bertz CT molecular complexity index is 1180. The molecule has 0 aromatic carbocycles. The molecule has 0 rings (SSSR count). The van der Waals surface area contributed by atoms with Crippen LogP contribution in [-0.2, 0) is 32.7 Å². The largest absolute Gasteiger partial charge is 0.756 e. The zero-order valence-electron chi connectivity index (χ0n) is 42.5. The number of ether oxygens (including phenoxy) is 2. The quantitative estimate of drug-likeness (QED) is 0.0195. The summed E-state index contributed by atoms with van der Waals surface area (Å²) >= 11 is 0. The van der Waals surface area contributed by atoms with Crippen LogP contribution in [0.1, 0.15) is 245 Å². The number of unbranched alkanes of at least 4 members (excludes halogenated alkanes) is 29. The third-order valence-electron chi connectivity index (χ3n) is 11.7. The van der Waals surface area contributed by atoms with Gasteiger partial charge in [0.1, 0.15) is 19.8 Å². The zero-order chi connectivity index (χ0) is 47.1. The Hall–Kier alpha value is -1.77. The molecule has 2 atom stereocenters. The number of nitrogens with zero attached hydrogens (tertiary/aromatic N) is 1. The van der Waals surface area contributed by atoms with Crippen LogP contribution in [-0.4, -0.2) is 70.0 Å². The van der Waals surface area contributed by atoms with Crippen molar-refractivity contribution in [3.8, 4) is 0 Å². The molecule has 0 aromatic heterocycles. The molecule has 0 aliphatic heterocycles. The summed E-state index contributed by atoms with van der Waals surface area (Å²) in [5.74, 6) is -0.838. The smallest absolute Gasteiger partial charge is 0.306 e. The van der Waals surface area contributed by atoms with Gasteiger partial charge < -0.3 is 27.9 Å². The minimum absolute atomic E-state index is 0.0326. The Morgan fingerprint density at radius 3 is 1.28 bits per heavy atom. The molecule has 0 aliphatic rings. The highest BCUT2D eigenvalue weighted by atomic mass is 31.2. The molecule has 0 N–H and O–H groups in total. The number of carbonyl (C=O) groups excluding carboxylic acids is 2. The van der Waals surface area contributed by atoms with Crippen molar-refractivity contribution in [3.05, 3.63) is 36.5 Å². The molecule has 0 spiro atoms. The second-order valence-electron chi connectivity index (χ2n) is 19.2. The van der Waals surface area contributed by atoms with Gasteiger partial charge in [-0.25, -0.2) is 0 Å². The number of hydrogen-bond donors (Lipinski definition) is 0. The predicted molar refractivity (Wildman–Crippen MR) is 268 cm³/mol. The van der Waals surface area contributed by atoms with Gasteiger partial charge in [-0.1, -0.05) is 217 Å². The number of allylic oxidation sites excluding steroid dienone is 6. The van der Waals surface area contributed by atoms with Gasteiger partial charge in [0.15, 0.2) is 6.10 Å². The fourth-order valence-electron chi connectivity index (χ4n) is 7.49. The van der Waals surface area contributed by atoms with Crippen LogP contribution in [0.25, 0.3) is 0 Å². The predicted octanol–water partition coefficient (Wildman–Crippen LogP) is 15.4. The number of carbonyl (C=O) groups is 2. The van der Waals surface area contributed by atoms with Crippen LogP contribution < -0.4 is 4.89 Å². The summed E-state index contributed by atoms with van der Waals surface area (Å²) < 4.78 is 34.1. The Labute approximate surface area is 395 Å². The molecule has 0 aromatic rings. The molecule has 10 heteroatoms. The van der Waals surface area contributed by atoms with E-state index < -0.39 is 26.5 Å². The maximum atomic E-state index is 12.7. The first-order chi connectivity index (χ1) is 31.0. The van der Waals surface area contributed by atoms with Gasteiger partial charge in [0, 0.05) is 12.8 Å². The van der Waals surface area contributed by atoms with E-state index in [1.165, 1.54) is 141 Å². The molecule has 64 heavy (non-hydrogen) atoms. The summed E-state index contributed by atoms with van der Waals surface area (Å²) in [4.78, 5) is 37.8. The van der Waals surface area contributed by atoms with Gasteiger partial charge in [-0.15, -0.1) is 0 Å². The van der Waals surface area contributed by atoms with Gasteiger partial charge in [-0.05, 0) is 51.4 Å². The van der Waals surface area contributed by atoms with E-state index in [4.69, 9.17) is 18.5 Å². The third-order valence-corrected chi connectivity index (χ3v) is 12.6. The van der Waals surface area contributed by atoms with Crippen molar-refractivity contribution in [2.24, 2.45) is 0 Å². The molecule has 0 radical (unpaired) electrons. The first-order valence-electron chi connectivity index (χ1n) is 26.7. The summed E-state index contributed by atoms with van der Waals surface area (Å²) in [6.45, 7) is 4.23. The summed E-state index contributed by atoms with van der Waals surface area (Å²) in [6, 6.07) is 0. The minimum atomic E-state index is -4.63. The maximum absolute atomic E-state index is 12.7. The van der Waals surface area contributed by atoms with Crippen molar-refractivity contribution < 1.29 is 42.1 Å². The van der Waals surface area contributed by atoms with E-state index in [9.17, 15) is 19.0 Å². The SMILES string of the molecule is CCCCC/C=C\C/C=C\C/C=C\CCCCCCCCC(=O)OC(COC(=O)CCCCCCCCCCCCCCCCCCCCCCC)COP(=O)([O-])OCC[N+](C)(C)C. The van der Waals surface area contributed by atoms with Gasteiger partial charge in [0.05, 0.1) is 27.7 Å². The monoisotopic (exact) mass is 924 g/mol. The lowest BCUT2D eigenvalue weighted by Crippen LogP contribution is -2.37. The zero-order valence-corrected chi connectivity index (χ0v) is 43.4. The molecule has 0 heterocycles. The molecular weight excluding hydrogens is 822 g/mol. The highest BCUT2D eigenvalue weighted by Crippen LogP contribution is 2.38.